The van der Waals surface area contributed by atoms with E-state index in [0.717, 1.165) is 11.7 Å². The first-order chi connectivity index (χ1) is 11.8. The lowest BCUT2D eigenvalue weighted by Gasteiger charge is -2.03. The smallest absolute Gasteiger partial charge is 0.348 e. The summed E-state index contributed by atoms with van der Waals surface area (Å²) >= 11 is 1.20. The van der Waals surface area contributed by atoms with Crippen LogP contribution in [0.2, 0.25) is 0 Å². The molecule has 2 aromatic heterocycles. The summed E-state index contributed by atoms with van der Waals surface area (Å²) in [4.78, 5) is 28.0. The van der Waals surface area contributed by atoms with Crippen LogP contribution in [0.25, 0.3) is 10.2 Å². The third kappa shape index (κ3) is 3.40. The second-order valence-electron chi connectivity index (χ2n) is 5.13. The number of nitrogens with one attached hydrogen (secondary N) is 1. The standard InChI is InChI=1S/C14H12F3N5O2S/c1-21-12(14(15,16)17)20-22(13(21)24)7-6-18-10(23)11-19-8-4-2-3-5-9(8)25-11/h2-5H,6-7H2,1H3,(H,18,23). The predicted molar refractivity (Wildman–Crippen MR) is 84.4 cm³/mol. The van der Waals surface area contributed by atoms with Crippen LogP contribution in [0.1, 0.15) is 15.6 Å². The van der Waals surface area contributed by atoms with Gasteiger partial charge in [-0.15, -0.1) is 16.4 Å². The van der Waals surface area contributed by atoms with Crippen LogP contribution < -0.4 is 11.0 Å². The quantitative estimate of drug-likeness (QED) is 0.756. The molecule has 0 radical (unpaired) electrons. The Morgan fingerprint density at radius 2 is 2.04 bits per heavy atom. The van der Waals surface area contributed by atoms with Crippen molar-refractivity contribution in [2.24, 2.45) is 7.05 Å². The summed E-state index contributed by atoms with van der Waals surface area (Å²) in [7, 11) is 0.994. The number of rotatable bonds is 4. The van der Waals surface area contributed by atoms with Crippen molar-refractivity contribution in [3.8, 4) is 0 Å². The number of amides is 1. The zero-order chi connectivity index (χ0) is 18.2. The average molecular weight is 371 g/mol. The number of fused-ring (bicyclic) bond motifs is 1. The van der Waals surface area contributed by atoms with Gasteiger partial charge in [-0.05, 0) is 12.1 Å². The lowest BCUT2D eigenvalue weighted by atomic mass is 10.3. The van der Waals surface area contributed by atoms with E-state index in [1.54, 1.807) is 12.1 Å². The molecule has 0 bridgehead atoms. The minimum Gasteiger partial charge on any atom is -0.348 e. The number of nitrogens with zero attached hydrogens (tertiary/aromatic N) is 4. The molecule has 0 saturated carbocycles. The van der Waals surface area contributed by atoms with Crippen LogP contribution in [0.4, 0.5) is 13.2 Å². The highest BCUT2D eigenvalue weighted by Gasteiger charge is 2.37. The van der Waals surface area contributed by atoms with Crippen molar-refractivity contribution in [1.29, 1.82) is 0 Å². The predicted octanol–water partition coefficient (Wildman–Crippen LogP) is 1.64. The van der Waals surface area contributed by atoms with Crippen LogP contribution in [0, 0.1) is 0 Å². The van der Waals surface area contributed by atoms with Crippen molar-refractivity contribution in [3.05, 3.63) is 45.6 Å². The molecule has 3 rings (SSSR count). The molecule has 3 aromatic rings. The van der Waals surface area contributed by atoms with E-state index in [-0.39, 0.29) is 18.1 Å². The van der Waals surface area contributed by atoms with Gasteiger partial charge in [0.15, 0.2) is 5.01 Å². The molecule has 1 aromatic carbocycles. The van der Waals surface area contributed by atoms with Crippen LogP contribution in [-0.4, -0.2) is 31.8 Å². The molecule has 1 amide bonds. The molecule has 0 spiro atoms. The van der Waals surface area contributed by atoms with E-state index in [2.05, 4.69) is 15.4 Å². The maximum Gasteiger partial charge on any atom is 0.451 e. The van der Waals surface area contributed by atoms with Gasteiger partial charge in [0.25, 0.3) is 5.91 Å². The Hall–Kier alpha value is -2.69. The van der Waals surface area contributed by atoms with Gasteiger partial charge in [0.2, 0.25) is 5.82 Å². The molecule has 132 valence electrons. The Balaban J connectivity index is 1.67. The summed E-state index contributed by atoms with van der Waals surface area (Å²) < 4.78 is 40.1. The Labute approximate surface area is 142 Å². The number of alkyl halides is 3. The van der Waals surface area contributed by atoms with Gasteiger partial charge in [0.1, 0.15) is 0 Å². The molecule has 7 nitrogen and oxygen atoms in total. The molecule has 0 saturated heterocycles. The number of hydrogen-bond acceptors (Lipinski definition) is 5. The summed E-state index contributed by atoms with van der Waals surface area (Å²) in [5.41, 5.74) is -0.213. The average Bonchev–Trinajstić information content (AvgIpc) is 3.10. The third-order valence-electron chi connectivity index (χ3n) is 3.39. The van der Waals surface area contributed by atoms with Crippen LogP contribution in [0.15, 0.2) is 29.1 Å². The summed E-state index contributed by atoms with van der Waals surface area (Å²) in [5.74, 6) is -1.74. The summed E-state index contributed by atoms with van der Waals surface area (Å²) in [6.07, 6.45) is -4.72. The van der Waals surface area contributed by atoms with E-state index >= 15 is 0 Å². The fourth-order valence-corrected chi connectivity index (χ4v) is 3.08. The van der Waals surface area contributed by atoms with Gasteiger partial charge in [0, 0.05) is 13.6 Å². The number of para-hydroxylation sites is 1. The Morgan fingerprint density at radius 3 is 2.68 bits per heavy atom. The molecule has 0 atom stereocenters. The number of thiazole rings is 1. The van der Waals surface area contributed by atoms with Crippen molar-refractivity contribution < 1.29 is 18.0 Å². The fourth-order valence-electron chi connectivity index (χ4n) is 2.20. The number of aromatic nitrogens is 4. The van der Waals surface area contributed by atoms with Gasteiger partial charge in [-0.2, -0.15) is 13.2 Å². The summed E-state index contributed by atoms with van der Waals surface area (Å²) in [6.45, 7) is -0.234. The number of carbonyl (C=O) groups is 1. The highest BCUT2D eigenvalue weighted by Crippen LogP contribution is 2.26. The van der Waals surface area contributed by atoms with E-state index in [1.165, 1.54) is 11.3 Å². The topological polar surface area (TPSA) is 81.8 Å². The first-order valence-electron chi connectivity index (χ1n) is 7.12. The van der Waals surface area contributed by atoms with Gasteiger partial charge in [-0.1, -0.05) is 12.1 Å². The normalized spacial score (nSPS) is 11.8. The van der Waals surface area contributed by atoms with Crippen molar-refractivity contribution >= 4 is 27.5 Å². The zero-order valence-corrected chi connectivity index (χ0v) is 13.7. The Morgan fingerprint density at radius 1 is 1.32 bits per heavy atom. The van der Waals surface area contributed by atoms with Crippen molar-refractivity contribution in [3.63, 3.8) is 0 Å². The number of carbonyl (C=O) groups excluding carboxylic acids is 1. The molecular formula is C14H12F3N5O2S. The molecule has 0 fully saturated rings. The fraction of sp³-hybridized carbons (Fsp3) is 0.286. The highest BCUT2D eigenvalue weighted by molar-refractivity contribution is 7.20. The van der Waals surface area contributed by atoms with Gasteiger partial charge in [-0.3, -0.25) is 9.36 Å². The molecule has 0 aliphatic rings. The second kappa shape index (κ2) is 6.31. The van der Waals surface area contributed by atoms with Crippen molar-refractivity contribution in [1.82, 2.24) is 24.6 Å². The van der Waals surface area contributed by atoms with Crippen LogP contribution in [0.5, 0.6) is 0 Å². The third-order valence-corrected chi connectivity index (χ3v) is 4.43. The minimum atomic E-state index is -4.72. The highest BCUT2D eigenvalue weighted by atomic mass is 32.1. The molecule has 11 heteroatoms. The van der Waals surface area contributed by atoms with E-state index in [0.29, 0.717) is 14.8 Å². The molecule has 0 aliphatic carbocycles. The lowest BCUT2D eigenvalue weighted by Crippen LogP contribution is -2.31. The monoisotopic (exact) mass is 371 g/mol. The number of halogens is 3. The van der Waals surface area contributed by atoms with E-state index in [9.17, 15) is 22.8 Å². The minimum absolute atomic E-state index is 0.0526. The van der Waals surface area contributed by atoms with Gasteiger partial charge in [0.05, 0.1) is 16.8 Å². The largest absolute Gasteiger partial charge is 0.451 e. The Kier molecular flexibility index (Phi) is 4.33. The SMILES string of the molecule is Cn1c(C(F)(F)F)nn(CCNC(=O)c2nc3ccccc3s2)c1=O. The maximum atomic E-state index is 12.7. The lowest BCUT2D eigenvalue weighted by molar-refractivity contribution is -0.147. The number of benzene rings is 1. The molecule has 0 aliphatic heterocycles. The van der Waals surface area contributed by atoms with E-state index in [1.807, 2.05) is 12.1 Å². The maximum absolute atomic E-state index is 12.7. The van der Waals surface area contributed by atoms with E-state index in [4.69, 9.17) is 0 Å². The Bertz CT molecular complexity index is 955. The summed E-state index contributed by atoms with van der Waals surface area (Å²) in [5, 5.41) is 6.03. The molecular weight excluding hydrogens is 359 g/mol. The van der Waals surface area contributed by atoms with Crippen LogP contribution >= 0.6 is 11.3 Å². The van der Waals surface area contributed by atoms with Crippen molar-refractivity contribution in [2.45, 2.75) is 12.7 Å². The van der Waals surface area contributed by atoms with Gasteiger partial charge >= 0.3 is 11.9 Å². The number of hydrogen-bond donors (Lipinski definition) is 1. The van der Waals surface area contributed by atoms with Crippen molar-refractivity contribution in [2.75, 3.05) is 6.54 Å². The first kappa shape index (κ1) is 17.1. The second-order valence-corrected chi connectivity index (χ2v) is 6.16. The van der Waals surface area contributed by atoms with Crippen LogP contribution in [0.3, 0.4) is 0 Å². The molecule has 25 heavy (non-hydrogen) atoms. The van der Waals surface area contributed by atoms with Gasteiger partial charge < -0.3 is 5.32 Å². The first-order valence-corrected chi connectivity index (χ1v) is 7.94. The van der Waals surface area contributed by atoms with Gasteiger partial charge in [-0.25, -0.2) is 14.5 Å². The molecule has 0 unspecified atom stereocenters. The molecule has 2 heterocycles. The van der Waals surface area contributed by atoms with E-state index < -0.39 is 23.6 Å². The zero-order valence-electron chi connectivity index (χ0n) is 12.9. The summed E-state index contributed by atoms with van der Waals surface area (Å²) in [6, 6.07) is 7.23. The van der Waals surface area contributed by atoms with Crippen LogP contribution in [-0.2, 0) is 19.8 Å². The molecule has 1 N–H and O–H groups in total.